The molecule has 0 spiro atoms. The van der Waals surface area contributed by atoms with Gasteiger partial charge >= 0.3 is 6.18 Å². The maximum atomic E-state index is 12.5. The average Bonchev–Trinajstić information content (AvgIpc) is 2.14. The van der Waals surface area contributed by atoms with E-state index < -0.39 is 17.8 Å². The van der Waals surface area contributed by atoms with Crippen molar-refractivity contribution in [3.63, 3.8) is 0 Å². The van der Waals surface area contributed by atoms with Crippen molar-refractivity contribution in [2.75, 3.05) is 0 Å². The molecular weight excluding hydrogens is 241 g/mol. The largest absolute Gasteiger partial charge is 0.417 e. The minimum atomic E-state index is -4.43. The smallest absolute Gasteiger partial charge is 0.393 e. The fraction of sp³-hybridized carbons (Fsp3) is 0.455. The van der Waals surface area contributed by atoms with Crippen LogP contribution in [0.3, 0.4) is 0 Å². The van der Waals surface area contributed by atoms with Crippen LogP contribution in [-0.4, -0.2) is 11.2 Å². The van der Waals surface area contributed by atoms with E-state index in [1.165, 1.54) is 6.07 Å². The Bertz CT molecular complexity index is 361. The van der Waals surface area contributed by atoms with Gasteiger partial charge in [-0.3, -0.25) is 0 Å². The molecule has 1 N–H and O–H groups in total. The van der Waals surface area contributed by atoms with E-state index in [-0.39, 0.29) is 5.02 Å². The fourth-order valence-electron chi connectivity index (χ4n) is 1.32. The Morgan fingerprint density at radius 2 is 2.00 bits per heavy atom. The number of rotatable bonds is 3. The summed E-state index contributed by atoms with van der Waals surface area (Å²) >= 11 is 5.47. The van der Waals surface area contributed by atoms with Crippen molar-refractivity contribution in [3.8, 4) is 0 Å². The van der Waals surface area contributed by atoms with E-state index in [1.54, 1.807) is 13.0 Å². The van der Waals surface area contributed by atoms with Crippen LogP contribution in [0.4, 0.5) is 13.2 Å². The SMILES string of the molecule is C[C@H](O)CCc1ccc(Cl)c(C(F)(F)F)c1. The van der Waals surface area contributed by atoms with Crippen LogP contribution in [0.1, 0.15) is 24.5 Å². The van der Waals surface area contributed by atoms with Gasteiger partial charge in [-0.25, -0.2) is 0 Å². The first-order chi connectivity index (χ1) is 7.30. The highest BCUT2D eigenvalue weighted by atomic mass is 35.5. The van der Waals surface area contributed by atoms with Gasteiger partial charge in [0.15, 0.2) is 0 Å². The lowest BCUT2D eigenvalue weighted by Crippen LogP contribution is -2.07. The Morgan fingerprint density at radius 1 is 1.38 bits per heavy atom. The third-order valence-corrected chi connectivity index (χ3v) is 2.52. The molecule has 0 unspecified atom stereocenters. The summed E-state index contributed by atoms with van der Waals surface area (Å²) in [6, 6.07) is 3.81. The van der Waals surface area contributed by atoms with E-state index in [0.717, 1.165) is 6.07 Å². The number of aryl methyl sites for hydroxylation is 1. The van der Waals surface area contributed by atoms with Gasteiger partial charge in [0.2, 0.25) is 0 Å². The van der Waals surface area contributed by atoms with Crippen molar-refractivity contribution in [1.82, 2.24) is 0 Å². The van der Waals surface area contributed by atoms with Gasteiger partial charge in [0.25, 0.3) is 0 Å². The lowest BCUT2D eigenvalue weighted by molar-refractivity contribution is -0.137. The molecule has 0 radical (unpaired) electrons. The van der Waals surface area contributed by atoms with E-state index in [2.05, 4.69) is 0 Å². The zero-order chi connectivity index (χ0) is 12.3. The predicted molar refractivity (Wildman–Crippen MR) is 56.5 cm³/mol. The summed E-state index contributed by atoms with van der Waals surface area (Å²) in [7, 11) is 0. The molecule has 0 heterocycles. The first-order valence-corrected chi connectivity index (χ1v) is 5.22. The molecular formula is C11H12ClF3O. The third-order valence-electron chi connectivity index (χ3n) is 2.19. The predicted octanol–water partition coefficient (Wildman–Crippen LogP) is 3.67. The molecule has 0 aliphatic heterocycles. The van der Waals surface area contributed by atoms with Crippen LogP contribution >= 0.6 is 11.6 Å². The van der Waals surface area contributed by atoms with Crippen LogP contribution in [0.25, 0.3) is 0 Å². The van der Waals surface area contributed by atoms with Crippen molar-refractivity contribution in [2.45, 2.75) is 32.0 Å². The van der Waals surface area contributed by atoms with E-state index in [0.29, 0.717) is 18.4 Å². The van der Waals surface area contributed by atoms with Crippen LogP contribution in [-0.2, 0) is 12.6 Å². The van der Waals surface area contributed by atoms with Crippen molar-refractivity contribution >= 4 is 11.6 Å². The van der Waals surface area contributed by atoms with E-state index >= 15 is 0 Å². The number of aliphatic hydroxyl groups is 1. The quantitative estimate of drug-likeness (QED) is 0.870. The summed E-state index contributed by atoms with van der Waals surface area (Å²) in [5.41, 5.74) is -0.296. The number of benzene rings is 1. The van der Waals surface area contributed by atoms with Gasteiger partial charge in [0, 0.05) is 0 Å². The Balaban J connectivity index is 2.90. The molecule has 90 valence electrons. The zero-order valence-electron chi connectivity index (χ0n) is 8.68. The second-order valence-corrected chi connectivity index (χ2v) is 4.11. The first-order valence-electron chi connectivity index (χ1n) is 4.84. The van der Waals surface area contributed by atoms with Crippen molar-refractivity contribution in [1.29, 1.82) is 0 Å². The summed E-state index contributed by atoms with van der Waals surface area (Å²) in [5, 5.41) is 8.75. The molecule has 0 bridgehead atoms. The highest BCUT2D eigenvalue weighted by Crippen LogP contribution is 2.35. The van der Waals surface area contributed by atoms with Gasteiger partial charge < -0.3 is 5.11 Å². The van der Waals surface area contributed by atoms with Gasteiger partial charge in [-0.15, -0.1) is 0 Å². The van der Waals surface area contributed by atoms with Gasteiger partial charge in [0.1, 0.15) is 0 Å². The van der Waals surface area contributed by atoms with Gasteiger partial charge in [0.05, 0.1) is 16.7 Å². The number of alkyl halides is 3. The molecule has 1 aromatic rings. The van der Waals surface area contributed by atoms with Gasteiger partial charge in [-0.1, -0.05) is 17.7 Å². The molecule has 0 amide bonds. The molecule has 16 heavy (non-hydrogen) atoms. The lowest BCUT2D eigenvalue weighted by atomic mass is 10.0. The highest BCUT2D eigenvalue weighted by molar-refractivity contribution is 6.31. The summed E-state index contributed by atoms with van der Waals surface area (Å²) in [6.45, 7) is 1.60. The molecule has 0 saturated heterocycles. The van der Waals surface area contributed by atoms with Crippen LogP contribution in [0.15, 0.2) is 18.2 Å². The van der Waals surface area contributed by atoms with E-state index in [9.17, 15) is 13.2 Å². The topological polar surface area (TPSA) is 20.2 Å². The molecule has 1 atom stereocenters. The number of halogens is 4. The highest BCUT2D eigenvalue weighted by Gasteiger charge is 2.33. The summed E-state index contributed by atoms with van der Waals surface area (Å²) in [5.74, 6) is 0. The van der Waals surface area contributed by atoms with Crippen molar-refractivity contribution in [2.24, 2.45) is 0 Å². The third kappa shape index (κ3) is 3.68. The standard InChI is InChI=1S/C11H12ClF3O/c1-7(16)2-3-8-4-5-10(12)9(6-8)11(13,14)15/h4-7,16H,2-3H2,1H3/t7-/m0/s1. The first kappa shape index (κ1) is 13.3. The van der Waals surface area contributed by atoms with Crippen LogP contribution in [0, 0.1) is 0 Å². The zero-order valence-corrected chi connectivity index (χ0v) is 9.44. The van der Waals surface area contributed by atoms with Crippen LogP contribution in [0.2, 0.25) is 5.02 Å². The van der Waals surface area contributed by atoms with Crippen molar-refractivity contribution in [3.05, 3.63) is 34.3 Å². The molecule has 1 nitrogen and oxygen atoms in total. The monoisotopic (exact) mass is 252 g/mol. The van der Waals surface area contributed by atoms with Gasteiger partial charge in [-0.05, 0) is 37.5 Å². The Morgan fingerprint density at radius 3 is 2.50 bits per heavy atom. The number of hydrogen-bond acceptors (Lipinski definition) is 1. The Hall–Kier alpha value is -0.740. The van der Waals surface area contributed by atoms with E-state index in [1.807, 2.05) is 0 Å². The lowest BCUT2D eigenvalue weighted by Gasteiger charge is -2.11. The molecule has 1 aromatic carbocycles. The number of aliphatic hydroxyl groups excluding tert-OH is 1. The van der Waals surface area contributed by atoms with Crippen molar-refractivity contribution < 1.29 is 18.3 Å². The fourth-order valence-corrected chi connectivity index (χ4v) is 1.55. The second-order valence-electron chi connectivity index (χ2n) is 3.70. The Kier molecular flexibility index (Phi) is 4.21. The average molecular weight is 253 g/mol. The number of hydrogen-bond donors (Lipinski definition) is 1. The minimum absolute atomic E-state index is 0.298. The van der Waals surface area contributed by atoms with Crippen LogP contribution < -0.4 is 0 Å². The Labute approximate surface area is 96.9 Å². The molecule has 0 fully saturated rings. The van der Waals surface area contributed by atoms with Gasteiger partial charge in [-0.2, -0.15) is 13.2 Å². The summed E-state index contributed by atoms with van der Waals surface area (Å²) in [4.78, 5) is 0. The normalized spacial score (nSPS) is 13.9. The molecule has 5 heteroatoms. The molecule has 1 rings (SSSR count). The molecule has 0 aliphatic carbocycles. The molecule has 0 aromatic heterocycles. The van der Waals surface area contributed by atoms with E-state index in [4.69, 9.17) is 16.7 Å². The summed E-state index contributed by atoms with van der Waals surface area (Å²) < 4.78 is 37.5. The molecule has 0 aliphatic rings. The minimum Gasteiger partial charge on any atom is -0.393 e. The van der Waals surface area contributed by atoms with Crippen LogP contribution in [0.5, 0.6) is 0 Å². The maximum Gasteiger partial charge on any atom is 0.417 e. The second kappa shape index (κ2) is 5.06. The summed E-state index contributed by atoms with van der Waals surface area (Å²) in [6.07, 6.45) is -4.13. The maximum absolute atomic E-state index is 12.5. The molecule has 0 saturated carbocycles.